The summed E-state index contributed by atoms with van der Waals surface area (Å²) in [5.41, 5.74) is 1.06. The van der Waals surface area contributed by atoms with Crippen molar-refractivity contribution in [1.29, 1.82) is 0 Å². The largest absolute Gasteiger partial charge is 0.493 e. The van der Waals surface area contributed by atoms with E-state index in [4.69, 9.17) is 9.47 Å². The number of carbonyl (C=O) groups excluding carboxylic acids is 2. The van der Waals surface area contributed by atoms with Gasteiger partial charge < -0.3 is 20.1 Å². The quantitative estimate of drug-likeness (QED) is 0.752. The summed E-state index contributed by atoms with van der Waals surface area (Å²) < 4.78 is 10.5. The summed E-state index contributed by atoms with van der Waals surface area (Å²) in [5, 5.41) is 5.88. The zero-order valence-corrected chi connectivity index (χ0v) is 14.1. The minimum Gasteiger partial charge on any atom is -0.493 e. The Bertz CT molecular complexity index is 627. The average molecular weight is 332 g/mol. The number of methoxy groups -OCH3 is 2. The third-order valence-corrected chi connectivity index (χ3v) is 4.55. The molecule has 2 fully saturated rings. The summed E-state index contributed by atoms with van der Waals surface area (Å²) in [5.74, 6) is 1.10. The molecule has 1 aromatic rings. The molecule has 3 rings (SSSR count). The molecule has 2 aliphatic rings. The van der Waals surface area contributed by atoms with Crippen LogP contribution in [-0.2, 0) is 16.0 Å². The number of benzene rings is 1. The molecule has 0 bridgehead atoms. The first-order valence-electron chi connectivity index (χ1n) is 8.41. The van der Waals surface area contributed by atoms with Gasteiger partial charge in [0.1, 0.15) is 0 Å². The Kier molecular flexibility index (Phi) is 4.92. The Hall–Kier alpha value is -2.24. The lowest BCUT2D eigenvalue weighted by Crippen LogP contribution is -2.32. The number of amides is 2. The van der Waals surface area contributed by atoms with Crippen molar-refractivity contribution in [3.63, 3.8) is 0 Å². The van der Waals surface area contributed by atoms with E-state index in [9.17, 15) is 9.59 Å². The molecule has 2 aliphatic carbocycles. The highest BCUT2D eigenvalue weighted by molar-refractivity contribution is 5.92. The smallest absolute Gasteiger partial charge is 0.224 e. The predicted molar refractivity (Wildman–Crippen MR) is 89.0 cm³/mol. The molecular formula is C18H24N2O4. The fourth-order valence-electron chi connectivity index (χ4n) is 2.81. The predicted octanol–water partition coefficient (Wildman–Crippen LogP) is 1.28. The molecule has 130 valence electrons. The second-order valence-electron chi connectivity index (χ2n) is 6.46. The highest BCUT2D eigenvalue weighted by Gasteiger charge is 2.48. The minimum atomic E-state index is -0.158. The number of carbonyl (C=O) groups is 2. The van der Waals surface area contributed by atoms with E-state index in [1.165, 1.54) is 0 Å². The number of ether oxygens (including phenoxy) is 2. The monoisotopic (exact) mass is 332 g/mol. The van der Waals surface area contributed by atoms with E-state index in [0.717, 1.165) is 18.4 Å². The molecule has 0 aliphatic heterocycles. The molecular weight excluding hydrogens is 308 g/mol. The Morgan fingerprint density at radius 1 is 1.08 bits per heavy atom. The molecule has 2 unspecified atom stereocenters. The van der Waals surface area contributed by atoms with Gasteiger partial charge in [-0.3, -0.25) is 9.59 Å². The maximum Gasteiger partial charge on any atom is 0.224 e. The number of hydrogen-bond acceptors (Lipinski definition) is 4. The van der Waals surface area contributed by atoms with Gasteiger partial charge in [-0.15, -0.1) is 0 Å². The van der Waals surface area contributed by atoms with Crippen LogP contribution in [0.3, 0.4) is 0 Å². The van der Waals surface area contributed by atoms with Crippen LogP contribution in [0.5, 0.6) is 11.5 Å². The Morgan fingerprint density at radius 3 is 2.46 bits per heavy atom. The first-order chi connectivity index (χ1) is 11.6. The van der Waals surface area contributed by atoms with Gasteiger partial charge in [0.25, 0.3) is 0 Å². The first-order valence-corrected chi connectivity index (χ1v) is 8.41. The summed E-state index contributed by atoms with van der Waals surface area (Å²) in [6.45, 7) is 0.543. The lowest BCUT2D eigenvalue weighted by atomic mass is 10.1. The molecule has 1 aromatic carbocycles. The van der Waals surface area contributed by atoms with Gasteiger partial charge in [0.05, 0.1) is 26.1 Å². The topological polar surface area (TPSA) is 76.7 Å². The van der Waals surface area contributed by atoms with Crippen LogP contribution in [0.2, 0.25) is 0 Å². The van der Waals surface area contributed by atoms with Gasteiger partial charge in [0.2, 0.25) is 11.8 Å². The van der Waals surface area contributed by atoms with Gasteiger partial charge in [-0.1, -0.05) is 6.07 Å². The highest BCUT2D eigenvalue weighted by Crippen LogP contribution is 2.39. The van der Waals surface area contributed by atoms with Crippen molar-refractivity contribution in [1.82, 2.24) is 10.6 Å². The molecule has 6 heteroatoms. The number of rotatable bonds is 8. The van der Waals surface area contributed by atoms with Crippen LogP contribution in [0.4, 0.5) is 0 Å². The Morgan fingerprint density at radius 2 is 1.79 bits per heavy atom. The van der Waals surface area contributed by atoms with Crippen molar-refractivity contribution < 1.29 is 19.1 Å². The van der Waals surface area contributed by atoms with Crippen molar-refractivity contribution >= 4 is 11.8 Å². The molecule has 24 heavy (non-hydrogen) atoms. The SMILES string of the molecule is COc1ccc(CCNC(=O)C2CC2C(=O)NC2CC2)cc1OC. The van der Waals surface area contributed by atoms with Crippen LogP contribution in [0, 0.1) is 11.8 Å². The van der Waals surface area contributed by atoms with Crippen LogP contribution < -0.4 is 20.1 Å². The maximum absolute atomic E-state index is 12.1. The summed E-state index contributed by atoms with van der Waals surface area (Å²) >= 11 is 0. The zero-order chi connectivity index (χ0) is 17.1. The van der Waals surface area contributed by atoms with Crippen molar-refractivity contribution in [3.05, 3.63) is 23.8 Å². The lowest BCUT2D eigenvalue weighted by molar-refractivity contribution is -0.127. The fraction of sp³-hybridized carbons (Fsp3) is 0.556. The molecule has 0 aromatic heterocycles. The molecule has 0 saturated heterocycles. The highest BCUT2D eigenvalue weighted by atomic mass is 16.5. The van der Waals surface area contributed by atoms with E-state index in [1.807, 2.05) is 18.2 Å². The number of hydrogen-bond donors (Lipinski definition) is 2. The molecule has 0 radical (unpaired) electrons. The van der Waals surface area contributed by atoms with Crippen molar-refractivity contribution in [2.24, 2.45) is 11.8 Å². The van der Waals surface area contributed by atoms with Crippen LogP contribution in [0.1, 0.15) is 24.8 Å². The molecule has 2 atom stereocenters. The van der Waals surface area contributed by atoms with Gasteiger partial charge >= 0.3 is 0 Å². The third-order valence-electron chi connectivity index (χ3n) is 4.55. The van der Waals surface area contributed by atoms with Gasteiger partial charge in [-0.2, -0.15) is 0 Å². The summed E-state index contributed by atoms with van der Waals surface area (Å²) in [7, 11) is 3.20. The van der Waals surface area contributed by atoms with E-state index in [2.05, 4.69) is 10.6 Å². The van der Waals surface area contributed by atoms with Crippen LogP contribution in [0.25, 0.3) is 0 Å². The third kappa shape index (κ3) is 3.99. The zero-order valence-electron chi connectivity index (χ0n) is 14.1. The summed E-state index contributed by atoms with van der Waals surface area (Å²) in [6.07, 6.45) is 3.51. The lowest BCUT2D eigenvalue weighted by Gasteiger charge is -2.10. The molecule has 2 N–H and O–H groups in total. The van der Waals surface area contributed by atoms with Gasteiger partial charge in [0.15, 0.2) is 11.5 Å². The average Bonchev–Trinajstić information content (AvgIpc) is 3.48. The Labute approximate surface area is 141 Å². The van der Waals surface area contributed by atoms with E-state index in [-0.39, 0.29) is 23.7 Å². The standard InChI is InChI=1S/C18H24N2O4/c1-23-15-6-3-11(9-16(15)24-2)7-8-19-17(21)13-10-14(13)18(22)20-12-4-5-12/h3,6,9,12-14H,4-5,7-8,10H2,1-2H3,(H,19,21)(H,20,22). The van der Waals surface area contributed by atoms with Crippen molar-refractivity contribution in [2.45, 2.75) is 31.7 Å². The normalized spacial score (nSPS) is 21.8. The van der Waals surface area contributed by atoms with Gasteiger partial charge in [-0.25, -0.2) is 0 Å². The minimum absolute atomic E-state index is 0.0218. The Balaban J connectivity index is 1.41. The van der Waals surface area contributed by atoms with E-state index in [0.29, 0.717) is 36.9 Å². The molecule has 0 heterocycles. The summed E-state index contributed by atoms with van der Waals surface area (Å²) in [6, 6.07) is 6.08. The fourth-order valence-corrected chi connectivity index (χ4v) is 2.81. The molecule has 0 spiro atoms. The number of nitrogens with one attached hydrogen (secondary N) is 2. The van der Waals surface area contributed by atoms with Gasteiger partial charge in [-0.05, 0) is 43.4 Å². The van der Waals surface area contributed by atoms with Gasteiger partial charge in [0, 0.05) is 12.6 Å². The molecule has 2 amide bonds. The second-order valence-corrected chi connectivity index (χ2v) is 6.46. The van der Waals surface area contributed by atoms with Crippen LogP contribution in [0.15, 0.2) is 18.2 Å². The van der Waals surface area contributed by atoms with Crippen molar-refractivity contribution in [3.8, 4) is 11.5 Å². The second kappa shape index (κ2) is 7.11. The van der Waals surface area contributed by atoms with Crippen molar-refractivity contribution in [2.75, 3.05) is 20.8 Å². The van der Waals surface area contributed by atoms with E-state index >= 15 is 0 Å². The summed E-state index contributed by atoms with van der Waals surface area (Å²) in [4.78, 5) is 24.0. The first kappa shape index (κ1) is 16.6. The van der Waals surface area contributed by atoms with E-state index < -0.39 is 0 Å². The van der Waals surface area contributed by atoms with Crippen LogP contribution >= 0.6 is 0 Å². The maximum atomic E-state index is 12.1. The molecule has 2 saturated carbocycles. The molecule has 6 nitrogen and oxygen atoms in total. The van der Waals surface area contributed by atoms with Crippen LogP contribution in [-0.4, -0.2) is 38.6 Å². The van der Waals surface area contributed by atoms with E-state index in [1.54, 1.807) is 14.2 Å².